The van der Waals surface area contributed by atoms with Crippen molar-refractivity contribution in [1.82, 2.24) is 5.32 Å². The second kappa shape index (κ2) is 8.84. The van der Waals surface area contributed by atoms with Crippen LogP contribution in [0.25, 0.3) is 0 Å². The Bertz CT molecular complexity index is 495. The number of nitrogens with one attached hydrogen (secondary N) is 1. The highest BCUT2D eigenvalue weighted by molar-refractivity contribution is 6.21. The summed E-state index contributed by atoms with van der Waals surface area (Å²) in [6.45, 7) is 4.51. The molecule has 136 valence electrons. The summed E-state index contributed by atoms with van der Waals surface area (Å²) in [4.78, 5) is 45.0. The number of esters is 3. The molecule has 5 atom stereocenters. The Morgan fingerprint density at radius 2 is 1.50 bits per heavy atom. The number of amides is 1. The van der Waals surface area contributed by atoms with E-state index in [0.717, 1.165) is 6.92 Å². The Balaban J connectivity index is 3.08. The molecule has 0 aromatic rings. The summed E-state index contributed by atoms with van der Waals surface area (Å²) in [6, 6.07) is 0. The lowest BCUT2D eigenvalue weighted by molar-refractivity contribution is -0.217. The lowest BCUT2D eigenvalue weighted by atomic mass is 9.99. The molecule has 0 bridgehead atoms. The fraction of sp³-hybridized carbons (Fsp3) is 0.714. The molecule has 1 aliphatic rings. The van der Waals surface area contributed by atoms with E-state index < -0.39 is 53.7 Å². The predicted octanol–water partition coefficient (Wildman–Crippen LogP) is -0.119. The summed E-state index contributed by atoms with van der Waals surface area (Å²) in [5.41, 5.74) is 0. The standard InChI is InChI=1S/C14H20ClNO8/c1-6(17)16-14-11(15)13(23-9(4)20)12(22-8(3)19)10(24-14)5-21-7(2)18/h10-14H,5H2,1-4H3,(H,16,17)/t10-,11+,12-,13-,14+/m1/s1. The maximum absolute atomic E-state index is 11.4. The first kappa shape index (κ1) is 20.2. The van der Waals surface area contributed by atoms with Crippen LogP contribution in [0.1, 0.15) is 27.7 Å². The fourth-order valence-electron chi connectivity index (χ4n) is 2.21. The molecule has 1 fully saturated rings. The number of halogens is 1. The first-order chi connectivity index (χ1) is 11.1. The quantitative estimate of drug-likeness (QED) is 0.407. The maximum Gasteiger partial charge on any atom is 0.303 e. The number of ether oxygens (including phenoxy) is 4. The number of hydrogen-bond donors (Lipinski definition) is 1. The van der Waals surface area contributed by atoms with Gasteiger partial charge in [-0.25, -0.2) is 0 Å². The SMILES string of the molecule is CC(=O)N[C@H]1O[C@H](COC(C)=O)[C@@H](OC(C)=O)[C@H](OC(C)=O)[C@@H]1Cl. The van der Waals surface area contributed by atoms with Crippen LogP contribution in [-0.4, -0.2) is 60.3 Å². The van der Waals surface area contributed by atoms with E-state index in [-0.39, 0.29) is 6.61 Å². The summed E-state index contributed by atoms with van der Waals surface area (Å²) < 4.78 is 20.7. The van der Waals surface area contributed by atoms with Gasteiger partial charge in [0.25, 0.3) is 0 Å². The zero-order chi connectivity index (χ0) is 18.4. The lowest BCUT2D eigenvalue weighted by Crippen LogP contribution is -2.63. The van der Waals surface area contributed by atoms with Gasteiger partial charge in [0.2, 0.25) is 5.91 Å². The van der Waals surface area contributed by atoms with E-state index in [0.29, 0.717) is 0 Å². The Morgan fingerprint density at radius 3 is 1.96 bits per heavy atom. The molecular weight excluding hydrogens is 346 g/mol. The molecule has 1 amide bonds. The zero-order valence-electron chi connectivity index (χ0n) is 13.7. The van der Waals surface area contributed by atoms with Crippen molar-refractivity contribution in [3.63, 3.8) is 0 Å². The molecule has 10 heteroatoms. The van der Waals surface area contributed by atoms with Crippen molar-refractivity contribution in [1.29, 1.82) is 0 Å². The third-order valence-corrected chi connectivity index (χ3v) is 3.49. The first-order valence-corrected chi connectivity index (χ1v) is 7.60. The van der Waals surface area contributed by atoms with Gasteiger partial charge >= 0.3 is 17.9 Å². The van der Waals surface area contributed by atoms with Crippen LogP contribution in [0.4, 0.5) is 0 Å². The van der Waals surface area contributed by atoms with Crippen LogP contribution in [0.15, 0.2) is 0 Å². The number of rotatable bonds is 5. The van der Waals surface area contributed by atoms with E-state index in [2.05, 4.69) is 5.32 Å². The smallest absolute Gasteiger partial charge is 0.303 e. The minimum Gasteiger partial charge on any atom is -0.463 e. The highest BCUT2D eigenvalue weighted by atomic mass is 35.5. The topological polar surface area (TPSA) is 117 Å². The van der Waals surface area contributed by atoms with Gasteiger partial charge in [0.15, 0.2) is 18.4 Å². The van der Waals surface area contributed by atoms with Gasteiger partial charge in [-0.1, -0.05) is 0 Å². The highest BCUT2D eigenvalue weighted by Crippen LogP contribution is 2.29. The van der Waals surface area contributed by atoms with E-state index in [1.54, 1.807) is 0 Å². The molecule has 1 rings (SSSR count). The number of carbonyl (C=O) groups excluding carboxylic acids is 4. The van der Waals surface area contributed by atoms with Crippen LogP contribution < -0.4 is 5.32 Å². The summed E-state index contributed by atoms with van der Waals surface area (Å²) in [6.07, 6.45) is -4.20. The number of alkyl halides is 1. The second-order valence-electron chi connectivity index (χ2n) is 5.19. The van der Waals surface area contributed by atoms with Crippen molar-refractivity contribution < 1.29 is 38.1 Å². The van der Waals surface area contributed by atoms with E-state index in [1.165, 1.54) is 20.8 Å². The molecule has 0 aliphatic carbocycles. The molecule has 0 aromatic heterocycles. The Labute approximate surface area is 143 Å². The first-order valence-electron chi connectivity index (χ1n) is 7.16. The minimum atomic E-state index is -1.10. The van der Waals surface area contributed by atoms with Gasteiger partial charge in [0.05, 0.1) is 0 Å². The van der Waals surface area contributed by atoms with Crippen LogP contribution in [0.3, 0.4) is 0 Å². The van der Waals surface area contributed by atoms with Crippen LogP contribution in [0.5, 0.6) is 0 Å². The molecule has 9 nitrogen and oxygen atoms in total. The molecule has 0 unspecified atom stereocenters. The second-order valence-corrected chi connectivity index (χ2v) is 5.69. The van der Waals surface area contributed by atoms with Crippen LogP contribution in [-0.2, 0) is 38.1 Å². The largest absolute Gasteiger partial charge is 0.463 e. The lowest BCUT2D eigenvalue weighted by Gasteiger charge is -2.43. The molecule has 1 aliphatic heterocycles. The Morgan fingerprint density at radius 1 is 0.958 bits per heavy atom. The van der Waals surface area contributed by atoms with E-state index >= 15 is 0 Å². The van der Waals surface area contributed by atoms with Crippen molar-refractivity contribution in [2.75, 3.05) is 6.61 Å². The van der Waals surface area contributed by atoms with Crippen LogP contribution in [0.2, 0.25) is 0 Å². The number of carbonyl (C=O) groups is 4. The van der Waals surface area contributed by atoms with Crippen molar-refractivity contribution in [3.8, 4) is 0 Å². The van der Waals surface area contributed by atoms with Gasteiger partial charge in [0.1, 0.15) is 18.1 Å². The van der Waals surface area contributed by atoms with Gasteiger partial charge < -0.3 is 24.3 Å². The van der Waals surface area contributed by atoms with Gasteiger partial charge in [-0.3, -0.25) is 19.2 Å². The van der Waals surface area contributed by atoms with Crippen molar-refractivity contribution in [2.24, 2.45) is 0 Å². The zero-order valence-corrected chi connectivity index (χ0v) is 14.5. The van der Waals surface area contributed by atoms with Gasteiger partial charge in [-0.05, 0) is 0 Å². The molecule has 1 N–H and O–H groups in total. The Hall–Kier alpha value is -1.87. The molecule has 1 heterocycles. The molecule has 24 heavy (non-hydrogen) atoms. The monoisotopic (exact) mass is 365 g/mol. The average molecular weight is 366 g/mol. The van der Waals surface area contributed by atoms with Crippen LogP contribution in [0, 0.1) is 0 Å². The van der Waals surface area contributed by atoms with E-state index in [1.807, 2.05) is 0 Å². The van der Waals surface area contributed by atoms with Crippen molar-refractivity contribution >= 4 is 35.4 Å². The molecule has 0 saturated carbocycles. The van der Waals surface area contributed by atoms with E-state index in [4.69, 9.17) is 30.5 Å². The molecule has 0 spiro atoms. The summed E-state index contributed by atoms with van der Waals surface area (Å²) >= 11 is 6.23. The average Bonchev–Trinajstić information content (AvgIpc) is 2.42. The van der Waals surface area contributed by atoms with Crippen LogP contribution >= 0.6 is 11.6 Å². The third-order valence-electron chi connectivity index (χ3n) is 3.02. The fourth-order valence-corrected chi connectivity index (χ4v) is 2.53. The summed E-state index contributed by atoms with van der Waals surface area (Å²) in [5, 5.41) is 1.44. The summed E-state index contributed by atoms with van der Waals surface area (Å²) in [7, 11) is 0. The Kier molecular flexibility index (Phi) is 7.43. The number of hydrogen-bond acceptors (Lipinski definition) is 8. The predicted molar refractivity (Wildman–Crippen MR) is 79.9 cm³/mol. The molecule has 0 aromatic carbocycles. The van der Waals surface area contributed by atoms with Gasteiger partial charge in [0, 0.05) is 27.7 Å². The van der Waals surface area contributed by atoms with Gasteiger partial charge in [-0.2, -0.15) is 0 Å². The maximum atomic E-state index is 11.4. The normalized spacial score (nSPS) is 29.3. The minimum absolute atomic E-state index is 0.273. The molecular formula is C14H20ClNO8. The van der Waals surface area contributed by atoms with Crippen molar-refractivity contribution in [2.45, 2.75) is 57.6 Å². The van der Waals surface area contributed by atoms with E-state index in [9.17, 15) is 19.2 Å². The summed E-state index contributed by atoms with van der Waals surface area (Å²) in [5.74, 6) is -2.31. The highest BCUT2D eigenvalue weighted by Gasteiger charge is 2.49. The van der Waals surface area contributed by atoms with Crippen molar-refractivity contribution in [3.05, 3.63) is 0 Å². The van der Waals surface area contributed by atoms with Gasteiger partial charge in [-0.15, -0.1) is 11.6 Å². The molecule has 0 radical (unpaired) electrons. The molecule has 1 saturated heterocycles. The third kappa shape index (κ3) is 5.97.